The summed E-state index contributed by atoms with van der Waals surface area (Å²) in [5.41, 5.74) is 1.38. The highest BCUT2D eigenvalue weighted by Gasteiger charge is 2.66. The second kappa shape index (κ2) is 5.09. The minimum absolute atomic E-state index is 0.0283. The highest BCUT2D eigenvalue weighted by Crippen LogP contribution is 2.72. The molecule has 7 atom stereocenters. The van der Waals surface area contributed by atoms with Gasteiger partial charge in [-0.15, -0.1) is 0 Å². The van der Waals surface area contributed by atoms with Gasteiger partial charge in [0.15, 0.2) is 0 Å². The molecule has 4 fully saturated rings. The minimum atomic E-state index is -0.360. The fraction of sp³-hybridized carbons (Fsp3) is 0.857. The van der Waals surface area contributed by atoms with Crippen molar-refractivity contribution in [3.05, 3.63) is 12.2 Å². The number of carbonyl (C=O) groups is 1. The van der Waals surface area contributed by atoms with E-state index >= 15 is 0 Å². The third-order valence-electron chi connectivity index (χ3n) is 8.77. The van der Waals surface area contributed by atoms with E-state index in [1.807, 2.05) is 0 Å². The number of methoxy groups -OCH3 is 1. The van der Waals surface area contributed by atoms with Gasteiger partial charge in [-0.25, -0.2) is 0 Å². The first kappa shape index (κ1) is 16.6. The summed E-state index contributed by atoms with van der Waals surface area (Å²) in [5.74, 6) is 1.18. The van der Waals surface area contributed by atoms with Gasteiger partial charge in [0.05, 0.1) is 18.6 Å². The number of hydrogen-bond donors (Lipinski definition) is 1. The molecule has 3 nitrogen and oxygen atoms in total. The van der Waals surface area contributed by atoms with E-state index in [0.29, 0.717) is 23.2 Å². The normalized spacial score (nSPS) is 53.2. The highest BCUT2D eigenvalue weighted by molar-refractivity contribution is 5.77. The molecule has 0 aromatic heterocycles. The van der Waals surface area contributed by atoms with Crippen LogP contribution in [0.25, 0.3) is 0 Å². The zero-order chi connectivity index (χ0) is 17.3. The van der Waals surface area contributed by atoms with Crippen LogP contribution in [0.15, 0.2) is 12.2 Å². The number of aliphatic hydroxyl groups is 1. The summed E-state index contributed by atoms with van der Waals surface area (Å²) in [6.07, 6.45) is 8.39. The molecule has 2 bridgehead atoms. The molecule has 1 N–H and O–H groups in total. The molecule has 4 aliphatic carbocycles. The predicted octanol–water partition coefficient (Wildman–Crippen LogP) is 4.10. The quantitative estimate of drug-likeness (QED) is 0.581. The van der Waals surface area contributed by atoms with Crippen molar-refractivity contribution in [2.24, 2.45) is 34.0 Å². The van der Waals surface area contributed by atoms with Crippen molar-refractivity contribution < 1.29 is 14.6 Å². The van der Waals surface area contributed by atoms with Crippen LogP contribution in [-0.4, -0.2) is 24.3 Å². The molecule has 3 heteroatoms. The van der Waals surface area contributed by atoms with E-state index < -0.39 is 0 Å². The molecule has 24 heavy (non-hydrogen) atoms. The fourth-order valence-electron chi connectivity index (χ4n) is 7.79. The van der Waals surface area contributed by atoms with E-state index in [4.69, 9.17) is 4.74 Å². The third kappa shape index (κ3) is 1.91. The molecule has 2 unspecified atom stereocenters. The lowest BCUT2D eigenvalue weighted by molar-refractivity contribution is -0.189. The van der Waals surface area contributed by atoms with Crippen molar-refractivity contribution >= 4 is 5.97 Å². The van der Waals surface area contributed by atoms with Crippen LogP contribution in [-0.2, 0) is 9.53 Å². The van der Waals surface area contributed by atoms with Gasteiger partial charge >= 0.3 is 5.97 Å². The number of rotatable bonds is 1. The molecule has 4 rings (SSSR count). The standard InChI is InChI=1S/C21H32O3/c1-13-11-21-9-6-16-19(2,17(21)10-15(22)14(13)12-21)7-5-8-20(16,3)18(23)24-4/h14-17,22H,1,5-12H2,2-4H3/t14-,15?,16+,17+,19-,20?,21-/m1/s1. The van der Waals surface area contributed by atoms with Crippen LogP contribution in [0.1, 0.15) is 65.2 Å². The summed E-state index contributed by atoms with van der Waals surface area (Å²) in [6.45, 7) is 8.84. The first-order valence-electron chi connectivity index (χ1n) is 9.71. The van der Waals surface area contributed by atoms with Crippen LogP contribution in [0, 0.1) is 34.0 Å². The average molecular weight is 332 g/mol. The summed E-state index contributed by atoms with van der Waals surface area (Å²) in [5, 5.41) is 10.7. The molecule has 0 amide bonds. The van der Waals surface area contributed by atoms with Crippen LogP contribution < -0.4 is 0 Å². The molecule has 0 saturated heterocycles. The summed E-state index contributed by atoms with van der Waals surface area (Å²) in [7, 11) is 1.53. The number of ether oxygens (including phenoxy) is 1. The van der Waals surface area contributed by atoms with Crippen LogP contribution in [0.2, 0.25) is 0 Å². The Balaban J connectivity index is 1.75. The zero-order valence-electron chi connectivity index (χ0n) is 15.4. The Hall–Kier alpha value is -0.830. The number of esters is 1. The number of hydrogen-bond acceptors (Lipinski definition) is 3. The number of carbonyl (C=O) groups excluding carboxylic acids is 1. The molecule has 134 valence electrons. The van der Waals surface area contributed by atoms with Crippen LogP contribution in [0.5, 0.6) is 0 Å². The van der Waals surface area contributed by atoms with Crippen molar-refractivity contribution in [1.82, 2.24) is 0 Å². The Morgan fingerprint density at radius 3 is 2.71 bits per heavy atom. The zero-order valence-corrected chi connectivity index (χ0v) is 15.4. The second-order valence-electron chi connectivity index (χ2n) is 9.72. The van der Waals surface area contributed by atoms with Gasteiger partial charge in [0.1, 0.15) is 0 Å². The summed E-state index contributed by atoms with van der Waals surface area (Å²) in [4.78, 5) is 12.6. The topological polar surface area (TPSA) is 46.5 Å². The van der Waals surface area contributed by atoms with E-state index in [9.17, 15) is 9.90 Å². The fourth-order valence-corrected chi connectivity index (χ4v) is 7.79. The van der Waals surface area contributed by atoms with Crippen LogP contribution >= 0.6 is 0 Å². The lowest BCUT2D eigenvalue weighted by Gasteiger charge is -2.63. The van der Waals surface area contributed by atoms with E-state index in [1.54, 1.807) is 0 Å². The van der Waals surface area contributed by atoms with Gasteiger partial charge in [-0.3, -0.25) is 4.79 Å². The van der Waals surface area contributed by atoms with Gasteiger partial charge in [0.2, 0.25) is 0 Å². The molecule has 0 aromatic rings. The lowest BCUT2D eigenvalue weighted by Crippen LogP contribution is -2.59. The van der Waals surface area contributed by atoms with E-state index in [1.165, 1.54) is 25.5 Å². The van der Waals surface area contributed by atoms with Crippen LogP contribution in [0.3, 0.4) is 0 Å². The Morgan fingerprint density at radius 1 is 1.25 bits per heavy atom. The van der Waals surface area contributed by atoms with Crippen molar-refractivity contribution in [1.29, 1.82) is 0 Å². The Kier molecular flexibility index (Phi) is 3.53. The first-order valence-corrected chi connectivity index (χ1v) is 9.71. The van der Waals surface area contributed by atoms with E-state index in [2.05, 4.69) is 20.4 Å². The molecule has 1 spiro atoms. The monoisotopic (exact) mass is 332 g/mol. The van der Waals surface area contributed by atoms with Gasteiger partial charge in [0.25, 0.3) is 0 Å². The highest BCUT2D eigenvalue weighted by atomic mass is 16.5. The summed E-state index contributed by atoms with van der Waals surface area (Å²) < 4.78 is 5.22. The second-order valence-corrected chi connectivity index (χ2v) is 9.72. The lowest BCUT2D eigenvalue weighted by atomic mass is 9.41. The van der Waals surface area contributed by atoms with Gasteiger partial charge in [-0.1, -0.05) is 25.5 Å². The van der Waals surface area contributed by atoms with Crippen molar-refractivity contribution in [3.8, 4) is 0 Å². The SMILES string of the molecule is C=C1C[C@@]23CC[C@@H]4C(C)(C(=O)OC)CCC[C@@]4(C)[C@@H]2CC(O)[C@@H]1C3. The Bertz CT molecular complexity index is 584. The molecule has 4 aliphatic rings. The predicted molar refractivity (Wildman–Crippen MR) is 93.2 cm³/mol. The van der Waals surface area contributed by atoms with E-state index in [0.717, 1.165) is 38.5 Å². The van der Waals surface area contributed by atoms with Crippen LogP contribution in [0.4, 0.5) is 0 Å². The Morgan fingerprint density at radius 2 is 2.00 bits per heavy atom. The van der Waals surface area contributed by atoms with Gasteiger partial charge in [-0.2, -0.15) is 0 Å². The summed E-state index contributed by atoms with van der Waals surface area (Å²) >= 11 is 0. The van der Waals surface area contributed by atoms with Crippen molar-refractivity contribution in [2.75, 3.05) is 7.11 Å². The molecular weight excluding hydrogens is 300 g/mol. The minimum Gasteiger partial charge on any atom is -0.469 e. The van der Waals surface area contributed by atoms with Crippen molar-refractivity contribution in [3.63, 3.8) is 0 Å². The first-order chi connectivity index (χ1) is 11.3. The molecule has 0 heterocycles. The maximum Gasteiger partial charge on any atom is 0.311 e. The molecule has 0 radical (unpaired) electrons. The maximum absolute atomic E-state index is 12.6. The van der Waals surface area contributed by atoms with Gasteiger partial charge in [-0.05, 0) is 74.5 Å². The third-order valence-corrected chi connectivity index (χ3v) is 8.77. The summed E-state index contributed by atoms with van der Waals surface area (Å²) in [6, 6.07) is 0. The molecule has 0 aromatic carbocycles. The average Bonchev–Trinajstić information content (AvgIpc) is 2.82. The maximum atomic E-state index is 12.6. The number of aliphatic hydroxyl groups excluding tert-OH is 1. The molecular formula is C21H32O3. The molecule has 0 aliphatic heterocycles. The van der Waals surface area contributed by atoms with E-state index in [-0.39, 0.29) is 22.9 Å². The largest absolute Gasteiger partial charge is 0.469 e. The molecule has 4 saturated carbocycles. The van der Waals surface area contributed by atoms with Crippen molar-refractivity contribution in [2.45, 2.75) is 71.3 Å². The Labute approximate surface area is 145 Å². The smallest absolute Gasteiger partial charge is 0.311 e. The van der Waals surface area contributed by atoms with Gasteiger partial charge in [0, 0.05) is 5.92 Å². The number of fused-ring (bicyclic) bond motifs is 3. The van der Waals surface area contributed by atoms with Gasteiger partial charge < -0.3 is 9.84 Å².